The van der Waals surface area contributed by atoms with Crippen molar-refractivity contribution in [3.05, 3.63) is 0 Å². The minimum Gasteiger partial charge on any atom is -0.466 e. The number of thioether (sulfide) groups is 1. The molecule has 0 heterocycles. The molecule has 0 aromatic carbocycles. The highest BCUT2D eigenvalue weighted by atomic mass is 32.2. The van der Waals surface area contributed by atoms with Gasteiger partial charge in [0.15, 0.2) is 0 Å². The van der Waals surface area contributed by atoms with Crippen molar-refractivity contribution >= 4 is 17.7 Å². The molecule has 4 atom stereocenters. The molecule has 0 fully saturated rings. The Kier molecular flexibility index (Phi) is 10.2. The lowest BCUT2D eigenvalue weighted by molar-refractivity contribution is -0.140. The van der Waals surface area contributed by atoms with Gasteiger partial charge in [0, 0.05) is 12.7 Å². The summed E-state index contributed by atoms with van der Waals surface area (Å²) in [6.07, 6.45) is -5.20. The third-order valence-corrected chi connectivity index (χ3v) is 3.51. The van der Waals surface area contributed by atoms with Gasteiger partial charge in [0.25, 0.3) is 0 Å². The van der Waals surface area contributed by atoms with Crippen LogP contribution in [-0.2, 0) is 9.53 Å². The van der Waals surface area contributed by atoms with E-state index in [1.165, 1.54) is 18.7 Å². The summed E-state index contributed by atoms with van der Waals surface area (Å²) in [4.78, 5) is 10.5. The first-order valence-electron chi connectivity index (χ1n) is 5.94. The van der Waals surface area contributed by atoms with Crippen LogP contribution >= 0.6 is 11.8 Å². The van der Waals surface area contributed by atoms with Crippen molar-refractivity contribution in [2.24, 2.45) is 0 Å². The van der Waals surface area contributed by atoms with Gasteiger partial charge in [-0.15, -0.1) is 0 Å². The predicted molar refractivity (Wildman–Crippen MR) is 69.7 cm³/mol. The van der Waals surface area contributed by atoms with E-state index in [4.69, 9.17) is 14.9 Å². The van der Waals surface area contributed by atoms with Gasteiger partial charge >= 0.3 is 5.97 Å². The molecular formula is C11H22O7S. The molecule has 114 valence electrons. The van der Waals surface area contributed by atoms with E-state index in [-0.39, 0.29) is 11.7 Å². The molecule has 0 spiro atoms. The van der Waals surface area contributed by atoms with Crippen LogP contribution in [0.4, 0.5) is 0 Å². The minimum atomic E-state index is -1.60. The van der Waals surface area contributed by atoms with E-state index >= 15 is 0 Å². The summed E-state index contributed by atoms with van der Waals surface area (Å²) >= 11 is 1.32. The monoisotopic (exact) mass is 298 g/mol. The second-order valence-corrected chi connectivity index (χ2v) is 5.22. The lowest BCUT2D eigenvalue weighted by Crippen LogP contribution is -2.46. The number of carbonyl (C=O) groups excluding carboxylic acids is 1. The van der Waals surface area contributed by atoms with E-state index in [9.17, 15) is 20.1 Å². The Hall–Kier alpha value is -0.380. The van der Waals surface area contributed by atoms with Crippen molar-refractivity contribution in [3.8, 4) is 0 Å². The van der Waals surface area contributed by atoms with E-state index in [1.807, 2.05) is 0 Å². The number of aliphatic hydroxyl groups is 5. The van der Waals surface area contributed by atoms with Gasteiger partial charge in [0.05, 0.1) is 19.3 Å². The Morgan fingerprint density at radius 1 is 1.16 bits per heavy atom. The third-order valence-electron chi connectivity index (χ3n) is 2.35. The summed E-state index contributed by atoms with van der Waals surface area (Å²) in [5, 5.41) is 46.2. The summed E-state index contributed by atoms with van der Waals surface area (Å²) in [6, 6.07) is 0. The van der Waals surface area contributed by atoms with Gasteiger partial charge in [0.2, 0.25) is 0 Å². The van der Waals surface area contributed by atoms with Crippen molar-refractivity contribution in [2.75, 3.05) is 24.7 Å². The fourth-order valence-corrected chi connectivity index (χ4v) is 2.17. The van der Waals surface area contributed by atoms with E-state index < -0.39 is 31.0 Å². The Morgan fingerprint density at radius 2 is 1.74 bits per heavy atom. The SMILES string of the molecule is CC(=O)OCCCSC[C@@H](O)[C@@H](O)[C@H](O)[C@H](O)CO. The summed E-state index contributed by atoms with van der Waals surface area (Å²) < 4.78 is 4.72. The number of esters is 1. The number of hydrogen-bond donors (Lipinski definition) is 5. The van der Waals surface area contributed by atoms with Crippen molar-refractivity contribution in [2.45, 2.75) is 37.8 Å². The topological polar surface area (TPSA) is 127 Å². The zero-order valence-electron chi connectivity index (χ0n) is 10.8. The summed E-state index contributed by atoms with van der Waals surface area (Å²) in [5.74, 6) is 0.438. The lowest BCUT2D eigenvalue weighted by Gasteiger charge is -2.25. The summed E-state index contributed by atoms with van der Waals surface area (Å²) in [7, 11) is 0. The zero-order chi connectivity index (χ0) is 14.8. The normalized spacial score (nSPS) is 17.6. The predicted octanol–water partition coefficient (Wildman–Crippen LogP) is -1.89. The Labute approximate surface area is 116 Å². The fourth-order valence-electron chi connectivity index (χ4n) is 1.24. The van der Waals surface area contributed by atoms with Gasteiger partial charge < -0.3 is 30.3 Å². The van der Waals surface area contributed by atoms with Crippen LogP contribution in [0.3, 0.4) is 0 Å². The second kappa shape index (κ2) is 10.4. The molecule has 5 N–H and O–H groups in total. The van der Waals surface area contributed by atoms with Crippen LogP contribution in [0.2, 0.25) is 0 Å². The average Bonchev–Trinajstić information content (AvgIpc) is 2.39. The highest BCUT2D eigenvalue weighted by Crippen LogP contribution is 2.11. The van der Waals surface area contributed by atoms with Crippen molar-refractivity contribution in [3.63, 3.8) is 0 Å². The molecule has 7 nitrogen and oxygen atoms in total. The van der Waals surface area contributed by atoms with Crippen LogP contribution in [0.1, 0.15) is 13.3 Å². The molecule has 0 unspecified atom stereocenters. The first-order chi connectivity index (χ1) is 8.90. The number of ether oxygens (including phenoxy) is 1. The Balaban J connectivity index is 3.73. The molecule has 0 aromatic rings. The standard InChI is InChI=1S/C11H22O7S/c1-7(13)18-3-2-4-19-6-9(15)11(17)10(16)8(14)5-12/h8-12,14-17H,2-6H2,1H3/t8-,9-,10-,11-/m1/s1. The molecule has 0 amide bonds. The number of carbonyl (C=O) groups is 1. The van der Waals surface area contributed by atoms with E-state index in [0.717, 1.165) is 0 Å². The Bertz CT molecular complexity index is 251. The maximum Gasteiger partial charge on any atom is 0.302 e. The van der Waals surface area contributed by atoms with E-state index in [2.05, 4.69) is 0 Å². The van der Waals surface area contributed by atoms with Gasteiger partial charge in [-0.05, 0) is 12.2 Å². The number of rotatable bonds is 10. The zero-order valence-corrected chi connectivity index (χ0v) is 11.6. The van der Waals surface area contributed by atoms with E-state index in [0.29, 0.717) is 18.8 Å². The van der Waals surface area contributed by atoms with Crippen molar-refractivity contribution < 1.29 is 35.1 Å². The molecule has 8 heteroatoms. The highest BCUT2D eigenvalue weighted by molar-refractivity contribution is 7.99. The summed E-state index contributed by atoms with van der Waals surface area (Å²) in [5.41, 5.74) is 0. The smallest absolute Gasteiger partial charge is 0.302 e. The van der Waals surface area contributed by atoms with Crippen LogP contribution in [0.5, 0.6) is 0 Å². The van der Waals surface area contributed by atoms with Crippen LogP contribution in [-0.4, -0.2) is 80.6 Å². The number of aliphatic hydroxyl groups excluding tert-OH is 5. The highest BCUT2D eigenvalue weighted by Gasteiger charge is 2.29. The molecule has 0 aliphatic carbocycles. The van der Waals surface area contributed by atoms with Gasteiger partial charge in [0.1, 0.15) is 18.3 Å². The molecule has 0 aliphatic rings. The van der Waals surface area contributed by atoms with Crippen LogP contribution < -0.4 is 0 Å². The van der Waals surface area contributed by atoms with Gasteiger partial charge in [-0.3, -0.25) is 4.79 Å². The van der Waals surface area contributed by atoms with Crippen molar-refractivity contribution in [1.29, 1.82) is 0 Å². The second-order valence-electron chi connectivity index (χ2n) is 4.07. The Morgan fingerprint density at radius 3 is 2.26 bits per heavy atom. The van der Waals surface area contributed by atoms with Gasteiger partial charge in [-0.25, -0.2) is 0 Å². The average molecular weight is 298 g/mol. The first kappa shape index (κ1) is 18.6. The molecule has 0 aliphatic heterocycles. The molecule has 19 heavy (non-hydrogen) atoms. The van der Waals surface area contributed by atoms with Crippen LogP contribution in [0.25, 0.3) is 0 Å². The van der Waals surface area contributed by atoms with E-state index in [1.54, 1.807) is 0 Å². The molecular weight excluding hydrogens is 276 g/mol. The molecule has 0 rings (SSSR count). The molecule has 0 aromatic heterocycles. The quantitative estimate of drug-likeness (QED) is 0.234. The van der Waals surface area contributed by atoms with Crippen LogP contribution in [0.15, 0.2) is 0 Å². The number of hydrogen-bond acceptors (Lipinski definition) is 8. The lowest BCUT2D eigenvalue weighted by atomic mass is 10.0. The molecule has 0 saturated carbocycles. The summed E-state index contributed by atoms with van der Waals surface area (Å²) in [6.45, 7) is 0.925. The first-order valence-corrected chi connectivity index (χ1v) is 7.09. The van der Waals surface area contributed by atoms with Gasteiger partial charge in [-0.1, -0.05) is 0 Å². The third kappa shape index (κ3) is 8.40. The largest absolute Gasteiger partial charge is 0.466 e. The van der Waals surface area contributed by atoms with Crippen LogP contribution in [0, 0.1) is 0 Å². The molecule has 0 saturated heterocycles. The molecule has 0 radical (unpaired) electrons. The maximum atomic E-state index is 10.5. The fraction of sp³-hybridized carbons (Fsp3) is 0.909. The van der Waals surface area contributed by atoms with Crippen molar-refractivity contribution in [1.82, 2.24) is 0 Å². The minimum absolute atomic E-state index is 0.163. The van der Waals surface area contributed by atoms with Gasteiger partial charge in [-0.2, -0.15) is 11.8 Å². The maximum absolute atomic E-state index is 10.5. The molecule has 0 bridgehead atoms.